The number of rotatable bonds is 3. The minimum Gasteiger partial charge on any atom is -0.460 e. The molecule has 3 nitrogen and oxygen atoms in total. The first-order valence-corrected chi connectivity index (χ1v) is 6.29. The van der Waals surface area contributed by atoms with E-state index in [9.17, 15) is 14.3 Å². The Morgan fingerprint density at radius 3 is 2.42 bits per heavy atom. The topological polar surface area (TPSA) is 46.5 Å². The minimum atomic E-state index is -1.00. The van der Waals surface area contributed by atoms with Crippen LogP contribution in [0.3, 0.4) is 0 Å². The Morgan fingerprint density at radius 2 is 1.95 bits per heavy atom. The molecule has 2 unspecified atom stereocenters. The van der Waals surface area contributed by atoms with Gasteiger partial charge in [0.25, 0.3) is 0 Å². The van der Waals surface area contributed by atoms with E-state index in [1.54, 1.807) is 34.6 Å². The van der Waals surface area contributed by atoms with Gasteiger partial charge in [0, 0.05) is 0 Å². The largest absolute Gasteiger partial charge is 0.460 e. The Labute approximate surface area is 113 Å². The van der Waals surface area contributed by atoms with Crippen LogP contribution in [0, 0.1) is 18.7 Å². The van der Waals surface area contributed by atoms with E-state index in [-0.39, 0.29) is 5.82 Å². The predicted octanol–water partition coefficient (Wildman–Crippen LogP) is 3.15. The van der Waals surface area contributed by atoms with Gasteiger partial charge in [-0.3, -0.25) is 4.79 Å². The van der Waals surface area contributed by atoms with E-state index in [2.05, 4.69) is 0 Å². The number of aliphatic hydroxyl groups excluding tert-OH is 1. The highest BCUT2D eigenvalue weighted by Gasteiger charge is 2.29. The van der Waals surface area contributed by atoms with Gasteiger partial charge in [0.2, 0.25) is 0 Å². The number of ether oxygens (including phenoxy) is 1. The van der Waals surface area contributed by atoms with Gasteiger partial charge in [-0.1, -0.05) is 6.07 Å². The van der Waals surface area contributed by atoms with Crippen molar-refractivity contribution in [3.8, 4) is 0 Å². The van der Waals surface area contributed by atoms with Gasteiger partial charge in [-0.25, -0.2) is 4.39 Å². The summed E-state index contributed by atoms with van der Waals surface area (Å²) >= 11 is 0. The summed E-state index contributed by atoms with van der Waals surface area (Å²) in [4.78, 5) is 11.9. The Hall–Kier alpha value is -1.42. The molecule has 0 amide bonds. The lowest BCUT2D eigenvalue weighted by Crippen LogP contribution is -2.30. The van der Waals surface area contributed by atoms with Gasteiger partial charge in [0.15, 0.2) is 0 Å². The summed E-state index contributed by atoms with van der Waals surface area (Å²) in [7, 11) is 0. The zero-order chi connectivity index (χ0) is 14.8. The molecule has 0 saturated heterocycles. The summed E-state index contributed by atoms with van der Waals surface area (Å²) in [6.07, 6.45) is -1.00. The van der Waals surface area contributed by atoms with Crippen LogP contribution in [-0.4, -0.2) is 16.7 Å². The number of carbonyl (C=O) groups is 1. The average molecular weight is 268 g/mol. The quantitative estimate of drug-likeness (QED) is 0.857. The van der Waals surface area contributed by atoms with E-state index < -0.39 is 23.6 Å². The lowest BCUT2D eigenvalue weighted by Gasteiger charge is -2.25. The fraction of sp³-hybridized carbons (Fsp3) is 0.533. The summed E-state index contributed by atoms with van der Waals surface area (Å²) < 4.78 is 18.3. The number of hydrogen-bond acceptors (Lipinski definition) is 3. The maximum absolute atomic E-state index is 13.0. The molecule has 1 aromatic rings. The van der Waals surface area contributed by atoms with Crippen molar-refractivity contribution in [2.45, 2.75) is 46.3 Å². The lowest BCUT2D eigenvalue weighted by atomic mass is 9.94. The summed E-state index contributed by atoms with van der Waals surface area (Å²) in [6, 6.07) is 4.10. The second kappa shape index (κ2) is 5.70. The molecule has 0 fully saturated rings. The van der Waals surface area contributed by atoms with Gasteiger partial charge in [0.1, 0.15) is 11.4 Å². The van der Waals surface area contributed by atoms with Crippen LogP contribution in [0.1, 0.15) is 44.9 Å². The zero-order valence-electron chi connectivity index (χ0n) is 12.0. The van der Waals surface area contributed by atoms with Crippen molar-refractivity contribution in [1.29, 1.82) is 0 Å². The first-order valence-electron chi connectivity index (χ1n) is 6.29. The normalized spacial score (nSPS) is 14.9. The fourth-order valence-electron chi connectivity index (χ4n) is 1.76. The molecule has 19 heavy (non-hydrogen) atoms. The number of benzene rings is 1. The maximum atomic E-state index is 13.0. The molecule has 0 radical (unpaired) electrons. The second-order valence-electron chi connectivity index (χ2n) is 5.77. The third-order valence-electron chi connectivity index (χ3n) is 2.80. The minimum absolute atomic E-state index is 0.363. The second-order valence-corrected chi connectivity index (χ2v) is 5.77. The van der Waals surface area contributed by atoms with Gasteiger partial charge < -0.3 is 9.84 Å². The third-order valence-corrected chi connectivity index (χ3v) is 2.80. The summed E-state index contributed by atoms with van der Waals surface area (Å²) in [5, 5.41) is 10.2. The molecule has 106 valence electrons. The highest BCUT2D eigenvalue weighted by atomic mass is 19.1. The Kier molecular flexibility index (Phi) is 4.69. The summed E-state index contributed by atoms with van der Waals surface area (Å²) in [5.74, 6) is -1.54. The average Bonchev–Trinajstić information content (AvgIpc) is 2.24. The molecule has 0 aliphatic heterocycles. The molecule has 2 atom stereocenters. The van der Waals surface area contributed by atoms with E-state index >= 15 is 0 Å². The number of esters is 1. The smallest absolute Gasteiger partial charge is 0.312 e. The summed E-state index contributed by atoms with van der Waals surface area (Å²) in [5.41, 5.74) is 0.561. The molecule has 0 heterocycles. The van der Waals surface area contributed by atoms with Crippen LogP contribution in [0.15, 0.2) is 18.2 Å². The van der Waals surface area contributed by atoms with E-state index in [0.29, 0.717) is 11.1 Å². The van der Waals surface area contributed by atoms with Crippen LogP contribution < -0.4 is 0 Å². The van der Waals surface area contributed by atoms with Crippen LogP contribution in [0.25, 0.3) is 0 Å². The van der Waals surface area contributed by atoms with Gasteiger partial charge in [-0.05, 0) is 57.9 Å². The first kappa shape index (κ1) is 15.6. The molecule has 0 aliphatic carbocycles. The molecule has 1 rings (SSSR count). The van der Waals surface area contributed by atoms with Crippen molar-refractivity contribution in [3.63, 3.8) is 0 Å². The van der Waals surface area contributed by atoms with Crippen LogP contribution in [0.4, 0.5) is 4.39 Å². The molecule has 0 saturated carbocycles. The van der Waals surface area contributed by atoms with E-state index in [1.165, 1.54) is 18.2 Å². The molecular weight excluding hydrogens is 247 g/mol. The molecular formula is C15H21FO3. The zero-order valence-corrected chi connectivity index (χ0v) is 12.0. The number of aliphatic hydroxyl groups is 1. The number of halogens is 1. The van der Waals surface area contributed by atoms with Crippen molar-refractivity contribution in [3.05, 3.63) is 35.1 Å². The molecule has 1 N–H and O–H groups in total. The van der Waals surface area contributed by atoms with E-state index in [1.807, 2.05) is 0 Å². The van der Waals surface area contributed by atoms with E-state index in [0.717, 1.165) is 0 Å². The van der Waals surface area contributed by atoms with Crippen LogP contribution in [0.5, 0.6) is 0 Å². The number of aryl methyl sites for hydroxylation is 1. The van der Waals surface area contributed by atoms with Gasteiger partial charge in [0.05, 0.1) is 12.0 Å². The van der Waals surface area contributed by atoms with Crippen molar-refractivity contribution < 1.29 is 19.0 Å². The van der Waals surface area contributed by atoms with Crippen molar-refractivity contribution in [2.75, 3.05) is 0 Å². The van der Waals surface area contributed by atoms with Gasteiger partial charge in [-0.15, -0.1) is 0 Å². The molecule has 0 aliphatic rings. The van der Waals surface area contributed by atoms with Crippen LogP contribution >= 0.6 is 0 Å². The standard InChI is InChI=1S/C15H21FO3/c1-9-8-11(16)6-7-12(9)13(17)10(2)14(18)19-15(3,4)5/h6-8,10,13,17H,1-5H3. The molecule has 4 heteroatoms. The monoisotopic (exact) mass is 268 g/mol. The van der Waals surface area contributed by atoms with Crippen LogP contribution in [0.2, 0.25) is 0 Å². The number of hydrogen-bond donors (Lipinski definition) is 1. The molecule has 1 aromatic carbocycles. The number of carbonyl (C=O) groups excluding carboxylic acids is 1. The molecule has 0 spiro atoms. The third kappa shape index (κ3) is 4.31. The summed E-state index contributed by atoms with van der Waals surface area (Å²) in [6.45, 7) is 8.61. The first-order chi connectivity index (χ1) is 8.61. The SMILES string of the molecule is Cc1cc(F)ccc1C(O)C(C)C(=O)OC(C)(C)C. The lowest BCUT2D eigenvalue weighted by molar-refractivity contribution is -0.163. The van der Waals surface area contributed by atoms with E-state index in [4.69, 9.17) is 4.74 Å². The fourth-order valence-corrected chi connectivity index (χ4v) is 1.76. The predicted molar refractivity (Wildman–Crippen MR) is 71.1 cm³/mol. The van der Waals surface area contributed by atoms with Crippen LogP contribution in [-0.2, 0) is 9.53 Å². The van der Waals surface area contributed by atoms with Gasteiger partial charge in [-0.2, -0.15) is 0 Å². The maximum Gasteiger partial charge on any atom is 0.312 e. The van der Waals surface area contributed by atoms with Crippen molar-refractivity contribution in [1.82, 2.24) is 0 Å². The Morgan fingerprint density at radius 1 is 1.37 bits per heavy atom. The van der Waals surface area contributed by atoms with Gasteiger partial charge >= 0.3 is 5.97 Å². The van der Waals surface area contributed by atoms with Crippen molar-refractivity contribution in [2.24, 2.45) is 5.92 Å². The molecule has 0 bridgehead atoms. The Bertz CT molecular complexity index is 463. The van der Waals surface area contributed by atoms with Crippen molar-refractivity contribution >= 4 is 5.97 Å². The highest BCUT2D eigenvalue weighted by Crippen LogP contribution is 2.27. The highest BCUT2D eigenvalue weighted by molar-refractivity contribution is 5.73. The Balaban J connectivity index is 2.87. The molecule has 0 aromatic heterocycles.